The quantitative estimate of drug-likeness (QED) is 0.824. The molecule has 0 unspecified atom stereocenters. The molecule has 0 radical (unpaired) electrons. The average Bonchev–Trinajstić information content (AvgIpc) is 2.37. The molecule has 0 atom stereocenters. The Morgan fingerprint density at radius 1 is 1.20 bits per heavy atom. The summed E-state index contributed by atoms with van der Waals surface area (Å²) in [5.74, 6) is 0. The van der Waals surface area contributed by atoms with E-state index in [1.807, 2.05) is 19.0 Å². The Hall–Kier alpha value is -0.660. The van der Waals surface area contributed by atoms with Crippen molar-refractivity contribution in [2.75, 3.05) is 34.2 Å². The zero-order valence-electron chi connectivity index (χ0n) is 12.1. The van der Waals surface area contributed by atoms with Crippen LogP contribution < -0.4 is 5.73 Å². The summed E-state index contributed by atoms with van der Waals surface area (Å²) in [6.45, 7) is 1.62. The predicted octanol–water partition coefficient (Wildman–Crippen LogP) is 1.37. The minimum absolute atomic E-state index is 0.128. The zero-order valence-corrected chi connectivity index (χ0v) is 13.7. The fourth-order valence-electron chi connectivity index (χ4n) is 1.78. The fourth-order valence-corrected chi connectivity index (χ4v) is 3.52. The first-order chi connectivity index (χ1) is 9.28. The maximum absolute atomic E-state index is 12.4. The van der Waals surface area contributed by atoms with Gasteiger partial charge in [-0.2, -0.15) is 0 Å². The number of sulfonamides is 1. The van der Waals surface area contributed by atoms with Crippen LogP contribution in [0.25, 0.3) is 0 Å². The summed E-state index contributed by atoms with van der Waals surface area (Å²) >= 11 is 6.05. The minimum Gasteiger partial charge on any atom is -0.326 e. The van der Waals surface area contributed by atoms with E-state index in [2.05, 4.69) is 0 Å². The van der Waals surface area contributed by atoms with Gasteiger partial charge in [-0.1, -0.05) is 17.7 Å². The molecular weight excluding hydrogens is 298 g/mol. The number of hydrogen-bond donors (Lipinski definition) is 1. The monoisotopic (exact) mass is 319 g/mol. The van der Waals surface area contributed by atoms with Gasteiger partial charge in [0.1, 0.15) is 4.90 Å². The van der Waals surface area contributed by atoms with Crippen LogP contribution in [0, 0.1) is 0 Å². The number of benzene rings is 1. The summed E-state index contributed by atoms with van der Waals surface area (Å²) in [6, 6.07) is 4.80. The van der Waals surface area contributed by atoms with Crippen molar-refractivity contribution in [2.45, 2.75) is 17.9 Å². The minimum atomic E-state index is -3.55. The first-order valence-electron chi connectivity index (χ1n) is 6.38. The third kappa shape index (κ3) is 4.43. The van der Waals surface area contributed by atoms with E-state index in [0.717, 1.165) is 18.5 Å². The lowest BCUT2D eigenvalue weighted by Crippen LogP contribution is -2.30. The van der Waals surface area contributed by atoms with Crippen LogP contribution in [-0.4, -0.2) is 51.9 Å². The normalized spacial score (nSPS) is 12.3. The SMILES string of the molecule is CN(C)CCCN(C)S(=O)(=O)c1ccc(CN)cc1Cl. The Bertz CT molecular complexity index is 547. The number of rotatable bonds is 7. The molecule has 0 fully saturated rings. The molecule has 5 nitrogen and oxygen atoms in total. The van der Waals surface area contributed by atoms with E-state index < -0.39 is 10.0 Å². The highest BCUT2D eigenvalue weighted by molar-refractivity contribution is 7.89. The zero-order chi connectivity index (χ0) is 15.3. The molecule has 1 aromatic carbocycles. The molecule has 0 aliphatic heterocycles. The van der Waals surface area contributed by atoms with E-state index in [9.17, 15) is 8.42 Å². The lowest BCUT2D eigenvalue weighted by Gasteiger charge is -2.19. The lowest BCUT2D eigenvalue weighted by molar-refractivity contribution is 0.370. The average molecular weight is 320 g/mol. The topological polar surface area (TPSA) is 66.6 Å². The van der Waals surface area contributed by atoms with Crippen molar-refractivity contribution >= 4 is 21.6 Å². The van der Waals surface area contributed by atoms with E-state index in [1.54, 1.807) is 19.2 Å². The van der Waals surface area contributed by atoms with Crippen LogP contribution in [0.2, 0.25) is 5.02 Å². The first-order valence-corrected chi connectivity index (χ1v) is 8.20. The third-order valence-electron chi connectivity index (χ3n) is 3.00. The summed E-state index contributed by atoms with van der Waals surface area (Å²) < 4.78 is 26.2. The Morgan fingerprint density at radius 2 is 1.85 bits per heavy atom. The van der Waals surface area contributed by atoms with Gasteiger partial charge in [0, 0.05) is 20.1 Å². The van der Waals surface area contributed by atoms with Crippen LogP contribution in [0.3, 0.4) is 0 Å². The molecule has 0 saturated carbocycles. The van der Waals surface area contributed by atoms with Crippen LogP contribution in [0.15, 0.2) is 23.1 Å². The van der Waals surface area contributed by atoms with Crippen molar-refractivity contribution in [1.82, 2.24) is 9.21 Å². The molecule has 0 heterocycles. The van der Waals surface area contributed by atoms with Gasteiger partial charge >= 0.3 is 0 Å². The molecular formula is C13H22ClN3O2S. The summed E-state index contributed by atoms with van der Waals surface area (Å²) in [5.41, 5.74) is 6.32. The number of hydrogen-bond acceptors (Lipinski definition) is 4. The molecule has 0 spiro atoms. The van der Waals surface area contributed by atoms with Gasteiger partial charge in [-0.05, 0) is 44.8 Å². The molecule has 1 rings (SSSR count). The molecule has 1 aromatic rings. The molecule has 114 valence electrons. The van der Waals surface area contributed by atoms with E-state index in [0.29, 0.717) is 13.1 Å². The van der Waals surface area contributed by atoms with Gasteiger partial charge in [0.15, 0.2) is 0 Å². The molecule has 0 amide bonds. The highest BCUT2D eigenvalue weighted by Crippen LogP contribution is 2.25. The summed E-state index contributed by atoms with van der Waals surface area (Å²) in [5, 5.41) is 0.215. The molecule has 2 N–H and O–H groups in total. The van der Waals surface area contributed by atoms with Crippen molar-refractivity contribution < 1.29 is 8.42 Å². The molecule has 0 aromatic heterocycles. The molecule has 0 aliphatic carbocycles. The third-order valence-corrected chi connectivity index (χ3v) is 5.34. The van der Waals surface area contributed by atoms with Crippen molar-refractivity contribution in [3.05, 3.63) is 28.8 Å². The fraction of sp³-hybridized carbons (Fsp3) is 0.538. The van der Waals surface area contributed by atoms with Crippen molar-refractivity contribution in [3.8, 4) is 0 Å². The molecule has 20 heavy (non-hydrogen) atoms. The Morgan fingerprint density at radius 3 is 2.35 bits per heavy atom. The summed E-state index contributed by atoms with van der Waals surface area (Å²) in [7, 11) is 1.93. The summed E-state index contributed by atoms with van der Waals surface area (Å²) in [6.07, 6.45) is 0.765. The van der Waals surface area contributed by atoms with Gasteiger partial charge < -0.3 is 10.6 Å². The highest BCUT2D eigenvalue weighted by atomic mass is 35.5. The highest BCUT2D eigenvalue weighted by Gasteiger charge is 2.23. The number of nitrogens with zero attached hydrogens (tertiary/aromatic N) is 2. The maximum Gasteiger partial charge on any atom is 0.244 e. The van der Waals surface area contributed by atoms with Crippen molar-refractivity contribution in [2.24, 2.45) is 5.73 Å². The molecule has 0 saturated heterocycles. The van der Waals surface area contributed by atoms with E-state index in [-0.39, 0.29) is 9.92 Å². The van der Waals surface area contributed by atoms with Crippen LogP contribution in [0.1, 0.15) is 12.0 Å². The second-order valence-corrected chi connectivity index (χ2v) is 7.37. The standard InChI is InChI=1S/C13H22ClN3O2S/c1-16(2)7-4-8-17(3)20(18,19)13-6-5-11(10-15)9-12(13)14/h5-6,9H,4,7-8,10,15H2,1-3H3. The van der Waals surface area contributed by atoms with Gasteiger partial charge in [-0.25, -0.2) is 12.7 Å². The first kappa shape index (κ1) is 17.4. The molecule has 0 aliphatic rings. The number of nitrogens with two attached hydrogens (primary N) is 1. The van der Waals surface area contributed by atoms with Gasteiger partial charge in [0.05, 0.1) is 5.02 Å². The van der Waals surface area contributed by atoms with Gasteiger partial charge in [-0.3, -0.25) is 0 Å². The maximum atomic E-state index is 12.4. The van der Waals surface area contributed by atoms with Crippen LogP contribution in [-0.2, 0) is 16.6 Å². The van der Waals surface area contributed by atoms with Crippen LogP contribution in [0.5, 0.6) is 0 Å². The van der Waals surface area contributed by atoms with Gasteiger partial charge in [0.2, 0.25) is 10.0 Å². The van der Waals surface area contributed by atoms with Crippen LogP contribution in [0.4, 0.5) is 0 Å². The Kier molecular flexibility index (Phi) is 6.42. The van der Waals surface area contributed by atoms with Gasteiger partial charge in [-0.15, -0.1) is 0 Å². The van der Waals surface area contributed by atoms with Gasteiger partial charge in [0.25, 0.3) is 0 Å². The second-order valence-electron chi connectivity index (χ2n) is 4.95. The van der Waals surface area contributed by atoms with E-state index in [1.165, 1.54) is 10.4 Å². The smallest absolute Gasteiger partial charge is 0.244 e. The lowest BCUT2D eigenvalue weighted by atomic mass is 10.2. The van der Waals surface area contributed by atoms with Crippen molar-refractivity contribution in [1.29, 1.82) is 0 Å². The summed E-state index contributed by atoms with van der Waals surface area (Å²) in [4.78, 5) is 2.15. The number of halogens is 1. The molecule has 0 bridgehead atoms. The Labute approximate surface area is 126 Å². The predicted molar refractivity (Wildman–Crippen MR) is 82.3 cm³/mol. The van der Waals surface area contributed by atoms with E-state index in [4.69, 9.17) is 17.3 Å². The van der Waals surface area contributed by atoms with Crippen LogP contribution >= 0.6 is 11.6 Å². The second kappa shape index (κ2) is 7.38. The molecule has 7 heteroatoms. The van der Waals surface area contributed by atoms with E-state index >= 15 is 0 Å². The Balaban J connectivity index is 2.87. The van der Waals surface area contributed by atoms with Crippen molar-refractivity contribution in [3.63, 3.8) is 0 Å². The largest absolute Gasteiger partial charge is 0.326 e.